The Morgan fingerprint density at radius 2 is 1.83 bits per heavy atom. The number of benzene rings is 3. The first-order valence-corrected chi connectivity index (χ1v) is 9.43. The van der Waals surface area contributed by atoms with Crippen LogP contribution in [0, 0.1) is 0 Å². The lowest BCUT2D eigenvalue weighted by molar-refractivity contribution is 0.415. The third-order valence-corrected chi connectivity index (χ3v) is 5.08. The second kappa shape index (κ2) is 7.89. The van der Waals surface area contributed by atoms with E-state index < -0.39 is 0 Å². The molecule has 3 aromatic carbocycles. The second-order valence-corrected chi connectivity index (χ2v) is 6.82. The Kier molecular flexibility index (Phi) is 5.14. The number of halogens is 1. The van der Waals surface area contributed by atoms with E-state index in [1.54, 1.807) is 25.3 Å². The zero-order valence-corrected chi connectivity index (χ0v) is 16.9. The maximum Gasteiger partial charge on any atom is 0.214 e. The lowest BCUT2D eigenvalue weighted by Crippen LogP contribution is -2.33. The highest BCUT2D eigenvalue weighted by molar-refractivity contribution is 6.33. The van der Waals surface area contributed by atoms with E-state index in [1.165, 1.54) is 0 Å². The van der Waals surface area contributed by atoms with Crippen molar-refractivity contribution in [3.63, 3.8) is 0 Å². The Morgan fingerprint density at radius 3 is 2.59 bits per heavy atom. The minimum atomic E-state index is 0.278. The van der Waals surface area contributed by atoms with E-state index >= 15 is 0 Å². The Morgan fingerprint density at radius 1 is 1.07 bits per heavy atom. The van der Waals surface area contributed by atoms with Crippen LogP contribution in [0.1, 0.15) is 0 Å². The third kappa shape index (κ3) is 3.41. The topological polar surface area (TPSA) is 64.0 Å². The van der Waals surface area contributed by atoms with Crippen LogP contribution in [-0.2, 0) is 0 Å². The fraction of sp³-hybridized carbons (Fsp3) is 0.0870. The summed E-state index contributed by atoms with van der Waals surface area (Å²) in [4.78, 5) is 5.95. The van der Waals surface area contributed by atoms with Crippen molar-refractivity contribution in [2.75, 3.05) is 19.1 Å². The first-order chi connectivity index (χ1) is 14.1. The molecule has 0 saturated heterocycles. The molecule has 0 aliphatic carbocycles. The summed E-state index contributed by atoms with van der Waals surface area (Å²) in [5.74, 6) is 1.48. The molecule has 146 valence electrons. The quantitative estimate of drug-likeness (QED) is 0.342. The van der Waals surface area contributed by atoms with Gasteiger partial charge in [-0.2, -0.15) is 0 Å². The molecule has 2 N–H and O–H groups in total. The van der Waals surface area contributed by atoms with Crippen LogP contribution in [0.5, 0.6) is 5.75 Å². The van der Waals surface area contributed by atoms with Crippen LogP contribution in [-0.4, -0.2) is 20.1 Å². The maximum absolute atomic E-state index is 6.42. The van der Waals surface area contributed by atoms with Gasteiger partial charge in [-0.1, -0.05) is 54.1 Å². The first-order valence-electron chi connectivity index (χ1n) is 9.05. The Balaban J connectivity index is 1.95. The van der Waals surface area contributed by atoms with Gasteiger partial charge >= 0.3 is 0 Å². The second-order valence-electron chi connectivity index (χ2n) is 6.41. The summed E-state index contributed by atoms with van der Waals surface area (Å²) in [6.45, 7) is 0. The van der Waals surface area contributed by atoms with Crippen molar-refractivity contribution < 1.29 is 9.15 Å². The minimum Gasteiger partial charge on any atom is -0.495 e. The number of hydrogen-bond donors (Lipinski definition) is 1. The summed E-state index contributed by atoms with van der Waals surface area (Å²) < 4.78 is 11.5. The highest BCUT2D eigenvalue weighted by Crippen LogP contribution is 2.41. The van der Waals surface area contributed by atoms with Crippen LogP contribution in [0.4, 0.5) is 11.6 Å². The van der Waals surface area contributed by atoms with Gasteiger partial charge in [-0.05, 0) is 29.8 Å². The molecule has 0 aliphatic heterocycles. The SMILES string of the molecule is CN=C(N)N(c1cc(-c2ccccc2Cl)ccc1OC)c1occ2ccccc12. The lowest BCUT2D eigenvalue weighted by atomic mass is 10.0. The van der Waals surface area contributed by atoms with Crippen LogP contribution < -0.4 is 15.4 Å². The molecular weight excluding hydrogens is 386 g/mol. The minimum absolute atomic E-state index is 0.278. The van der Waals surface area contributed by atoms with Gasteiger partial charge in [0.2, 0.25) is 11.8 Å². The van der Waals surface area contributed by atoms with Gasteiger partial charge in [-0.3, -0.25) is 4.99 Å². The monoisotopic (exact) mass is 405 g/mol. The number of anilines is 2. The van der Waals surface area contributed by atoms with Gasteiger partial charge in [0.05, 0.1) is 12.8 Å². The maximum atomic E-state index is 6.42. The third-order valence-electron chi connectivity index (χ3n) is 4.75. The summed E-state index contributed by atoms with van der Waals surface area (Å²) in [5.41, 5.74) is 8.85. The van der Waals surface area contributed by atoms with Gasteiger partial charge in [-0.25, -0.2) is 4.90 Å². The van der Waals surface area contributed by atoms with Crippen molar-refractivity contribution >= 4 is 39.9 Å². The van der Waals surface area contributed by atoms with Gasteiger partial charge in [-0.15, -0.1) is 0 Å². The molecule has 0 aliphatic rings. The number of furan rings is 1. The zero-order valence-electron chi connectivity index (χ0n) is 16.1. The van der Waals surface area contributed by atoms with Crippen molar-refractivity contribution in [3.8, 4) is 16.9 Å². The summed E-state index contributed by atoms with van der Waals surface area (Å²) in [6.07, 6.45) is 1.70. The van der Waals surface area contributed by atoms with Gasteiger partial charge in [0.1, 0.15) is 12.0 Å². The predicted octanol–water partition coefficient (Wildman–Crippen LogP) is 5.84. The summed E-state index contributed by atoms with van der Waals surface area (Å²) in [6, 6.07) is 21.4. The molecule has 0 bridgehead atoms. The molecule has 1 aromatic heterocycles. The predicted molar refractivity (Wildman–Crippen MR) is 119 cm³/mol. The van der Waals surface area contributed by atoms with E-state index in [-0.39, 0.29) is 5.96 Å². The number of fused-ring (bicyclic) bond motifs is 1. The molecule has 1 heterocycles. The van der Waals surface area contributed by atoms with Crippen LogP contribution in [0.3, 0.4) is 0 Å². The summed E-state index contributed by atoms with van der Waals surface area (Å²) in [5, 5.41) is 2.55. The van der Waals surface area contributed by atoms with Crippen LogP contribution in [0.2, 0.25) is 5.02 Å². The van der Waals surface area contributed by atoms with E-state index in [0.717, 1.165) is 21.9 Å². The number of hydrogen-bond acceptors (Lipinski definition) is 3. The molecule has 0 fully saturated rings. The molecule has 0 saturated carbocycles. The number of aliphatic imine (C=N–C) groups is 1. The molecule has 4 aromatic rings. The number of methoxy groups -OCH3 is 1. The van der Waals surface area contributed by atoms with Crippen molar-refractivity contribution in [1.29, 1.82) is 0 Å². The highest BCUT2D eigenvalue weighted by atomic mass is 35.5. The molecule has 0 radical (unpaired) electrons. The largest absolute Gasteiger partial charge is 0.495 e. The Labute approximate surface area is 174 Å². The fourth-order valence-electron chi connectivity index (χ4n) is 3.31. The van der Waals surface area contributed by atoms with Crippen LogP contribution in [0.15, 0.2) is 82.4 Å². The van der Waals surface area contributed by atoms with Gasteiger partial charge in [0.25, 0.3) is 0 Å². The molecule has 0 spiro atoms. The first kappa shape index (κ1) is 18.9. The number of guanidine groups is 1. The van der Waals surface area contributed by atoms with Crippen molar-refractivity contribution in [1.82, 2.24) is 0 Å². The average Bonchev–Trinajstić information content (AvgIpc) is 3.18. The smallest absolute Gasteiger partial charge is 0.214 e. The molecule has 4 rings (SSSR count). The number of nitrogens with two attached hydrogens (primary N) is 1. The normalized spacial score (nSPS) is 11.6. The number of rotatable bonds is 4. The molecule has 29 heavy (non-hydrogen) atoms. The van der Waals surface area contributed by atoms with Crippen molar-refractivity contribution in [2.45, 2.75) is 0 Å². The Bertz CT molecular complexity index is 1200. The lowest BCUT2D eigenvalue weighted by Gasteiger charge is -2.24. The van der Waals surface area contributed by atoms with Crippen LogP contribution in [0.25, 0.3) is 21.9 Å². The fourth-order valence-corrected chi connectivity index (χ4v) is 3.56. The summed E-state index contributed by atoms with van der Waals surface area (Å²) in [7, 11) is 3.25. The molecule has 6 heteroatoms. The molecule has 0 amide bonds. The van der Waals surface area contributed by atoms with E-state index in [2.05, 4.69) is 4.99 Å². The molecule has 0 unspecified atom stereocenters. The van der Waals surface area contributed by atoms with Gasteiger partial charge in [0.15, 0.2) is 0 Å². The Hall–Kier alpha value is -3.44. The zero-order chi connectivity index (χ0) is 20.4. The van der Waals surface area contributed by atoms with E-state index in [4.69, 9.17) is 26.5 Å². The average molecular weight is 406 g/mol. The van der Waals surface area contributed by atoms with E-state index in [0.29, 0.717) is 22.3 Å². The molecule has 0 atom stereocenters. The molecular formula is C23H20ClN3O2. The van der Waals surface area contributed by atoms with Gasteiger partial charge < -0.3 is 14.9 Å². The highest BCUT2D eigenvalue weighted by Gasteiger charge is 2.23. The number of ether oxygens (including phenoxy) is 1. The standard InChI is InChI=1S/C23H20ClN3O2/c1-26-23(25)27(22-18-9-4-3-7-16(18)14-29-22)20-13-15(11-12-21(20)28-2)17-8-5-6-10-19(17)24/h3-14H,1-2H3,(H2,25,26). The van der Waals surface area contributed by atoms with Crippen LogP contribution >= 0.6 is 11.6 Å². The van der Waals surface area contributed by atoms with E-state index in [9.17, 15) is 0 Å². The van der Waals surface area contributed by atoms with Crippen molar-refractivity contribution in [3.05, 3.63) is 78.0 Å². The number of nitrogens with zero attached hydrogens (tertiary/aromatic N) is 2. The summed E-state index contributed by atoms with van der Waals surface area (Å²) >= 11 is 6.42. The molecule has 5 nitrogen and oxygen atoms in total. The van der Waals surface area contributed by atoms with Crippen molar-refractivity contribution in [2.24, 2.45) is 10.7 Å². The van der Waals surface area contributed by atoms with E-state index in [1.807, 2.05) is 66.7 Å². The van der Waals surface area contributed by atoms with Gasteiger partial charge in [0, 0.05) is 28.4 Å².